The molecule has 0 N–H and O–H groups in total. The summed E-state index contributed by atoms with van der Waals surface area (Å²) in [6.45, 7) is 0. The molecule has 0 fully saturated rings. The predicted molar refractivity (Wildman–Crippen MR) is 153 cm³/mol. The Labute approximate surface area is 223 Å². The molecule has 2 aliphatic rings. The third kappa shape index (κ3) is 3.81. The number of rotatable bonds is 4. The number of fused-ring (bicyclic) bond motifs is 3. The average Bonchev–Trinajstić information content (AvgIpc) is 3.51. The quantitative estimate of drug-likeness (QED) is 0.187. The van der Waals surface area contributed by atoms with Gasteiger partial charge in [0, 0.05) is 34.1 Å². The van der Waals surface area contributed by atoms with Crippen LogP contribution in [0.25, 0.3) is 21.5 Å². The molecule has 0 amide bonds. The summed E-state index contributed by atoms with van der Waals surface area (Å²) < 4.78 is 0. The lowest BCUT2D eigenvalue weighted by Crippen LogP contribution is -2.28. The second kappa shape index (κ2) is 9.08. The molecule has 1 aliphatic heterocycles. The van der Waals surface area contributed by atoms with Gasteiger partial charge < -0.3 is 0 Å². The second-order valence-corrected chi connectivity index (χ2v) is 10.6. The van der Waals surface area contributed by atoms with Crippen LogP contribution in [0.2, 0.25) is 0 Å². The summed E-state index contributed by atoms with van der Waals surface area (Å²) in [5, 5.41) is 4.19. The number of anilines is 2. The Hall–Kier alpha value is -4.55. The minimum absolute atomic E-state index is 0.0259. The fourth-order valence-electron chi connectivity index (χ4n) is 5.16. The van der Waals surface area contributed by atoms with E-state index in [0.29, 0.717) is 23.5 Å². The van der Waals surface area contributed by atoms with Crippen molar-refractivity contribution < 1.29 is 9.59 Å². The van der Waals surface area contributed by atoms with E-state index in [1.165, 1.54) is 5.39 Å². The Morgan fingerprint density at radius 1 is 0.737 bits per heavy atom. The molecular formula is C32H21N3O2S. The van der Waals surface area contributed by atoms with Gasteiger partial charge in [0.25, 0.3) is 0 Å². The monoisotopic (exact) mass is 511 g/mol. The van der Waals surface area contributed by atoms with E-state index in [0.717, 1.165) is 26.8 Å². The first kappa shape index (κ1) is 22.6. The van der Waals surface area contributed by atoms with E-state index in [-0.39, 0.29) is 22.5 Å². The van der Waals surface area contributed by atoms with Gasteiger partial charge in [0.05, 0.1) is 10.9 Å². The van der Waals surface area contributed by atoms with Crippen LogP contribution in [0, 0.1) is 0 Å². The first-order chi connectivity index (χ1) is 18.7. The lowest BCUT2D eigenvalue weighted by atomic mass is 10.0. The smallest absolute Gasteiger partial charge is 0.230 e. The van der Waals surface area contributed by atoms with Crippen molar-refractivity contribution in [3.05, 3.63) is 131 Å². The lowest BCUT2D eigenvalue weighted by Gasteiger charge is -2.28. The number of carbonyl (C=O) groups excluding carboxylic acids is 2. The van der Waals surface area contributed by atoms with E-state index in [2.05, 4.69) is 51.3 Å². The highest BCUT2D eigenvalue weighted by Crippen LogP contribution is 2.42. The van der Waals surface area contributed by atoms with E-state index < -0.39 is 0 Å². The first-order valence-corrected chi connectivity index (χ1v) is 13.3. The maximum absolute atomic E-state index is 13.3. The van der Waals surface area contributed by atoms with Gasteiger partial charge in [-0.2, -0.15) is 0 Å². The van der Waals surface area contributed by atoms with Crippen LogP contribution in [0.15, 0.2) is 120 Å². The molecule has 6 heteroatoms. The van der Waals surface area contributed by atoms with Gasteiger partial charge >= 0.3 is 0 Å². The standard InChI is InChI=1S/C32H21N3O2S/c36-30-26-17-22-8-3-4-9-23(22)18-27(26)31(37)28(30)19-25-12-13-29(38-25)35(32-33-14-5-15-34-32)24-11-10-20-6-1-2-7-21(20)16-24/h1-12,14-19,29H,13H2. The van der Waals surface area contributed by atoms with Gasteiger partial charge in [-0.1, -0.05) is 60.7 Å². The SMILES string of the molecule is O=C1C(=CC2=CCC(N(c3ccc4ccccc4c3)c3ncccn3)S2)C(=O)c2cc3ccccc3cc21. The van der Waals surface area contributed by atoms with Crippen molar-refractivity contribution >= 4 is 56.5 Å². The Morgan fingerprint density at radius 2 is 1.34 bits per heavy atom. The Balaban J connectivity index is 1.21. The first-order valence-electron chi connectivity index (χ1n) is 12.4. The molecule has 7 rings (SSSR count). The molecule has 5 nitrogen and oxygen atoms in total. The molecule has 0 bridgehead atoms. The number of aromatic nitrogens is 2. The fourth-order valence-corrected chi connectivity index (χ4v) is 6.36. The van der Waals surface area contributed by atoms with Crippen LogP contribution in [0.4, 0.5) is 11.6 Å². The van der Waals surface area contributed by atoms with Crippen molar-refractivity contribution in [2.45, 2.75) is 11.8 Å². The summed E-state index contributed by atoms with van der Waals surface area (Å²) in [5.41, 5.74) is 2.18. The molecule has 0 radical (unpaired) electrons. The number of Topliss-reactive ketones (excluding diaryl/α,β-unsaturated/α-hetero) is 2. The van der Waals surface area contributed by atoms with Crippen molar-refractivity contribution in [1.29, 1.82) is 0 Å². The van der Waals surface area contributed by atoms with Crippen LogP contribution < -0.4 is 4.90 Å². The molecular weight excluding hydrogens is 490 g/mol. The molecule has 0 saturated carbocycles. The van der Waals surface area contributed by atoms with Crippen molar-refractivity contribution in [2.75, 3.05) is 4.90 Å². The van der Waals surface area contributed by atoms with Crippen LogP contribution in [0.5, 0.6) is 0 Å². The molecule has 1 aromatic heterocycles. The highest BCUT2D eigenvalue weighted by atomic mass is 32.2. The number of thioether (sulfide) groups is 1. The van der Waals surface area contributed by atoms with Crippen molar-refractivity contribution in [3.8, 4) is 0 Å². The van der Waals surface area contributed by atoms with Crippen LogP contribution in [-0.2, 0) is 0 Å². The molecule has 38 heavy (non-hydrogen) atoms. The highest BCUT2D eigenvalue weighted by molar-refractivity contribution is 8.04. The molecule has 4 aromatic carbocycles. The van der Waals surface area contributed by atoms with Gasteiger partial charge in [-0.15, -0.1) is 11.8 Å². The number of hydrogen-bond donors (Lipinski definition) is 0. The molecule has 0 saturated heterocycles. The zero-order valence-corrected chi connectivity index (χ0v) is 21.1. The van der Waals surface area contributed by atoms with Crippen LogP contribution in [0.3, 0.4) is 0 Å². The van der Waals surface area contributed by atoms with Gasteiger partial charge in [-0.05, 0) is 64.4 Å². The van der Waals surface area contributed by atoms with Gasteiger partial charge in [-0.25, -0.2) is 9.97 Å². The van der Waals surface area contributed by atoms with E-state index in [1.54, 1.807) is 36.3 Å². The highest BCUT2D eigenvalue weighted by Gasteiger charge is 2.35. The summed E-state index contributed by atoms with van der Waals surface area (Å²) in [6, 6.07) is 27.8. The van der Waals surface area contributed by atoms with Gasteiger partial charge in [0.2, 0.25) is 5.95 Å². The third-order valence-corrected chi connectivity index (χ3v) is 8.24. The largest absolute Gasteiger partial charge is 0.297 e. The number of nitrogens with zero attached hydrogens (tertiary/aromatic N) is 3. The normalized spacial score (nSPS) is 16.7. The van der Waals surface area contributed by atoms with E-state index in [4.69, 9.17) is 0 Å². The molecule has 2 heterocycles. The average molecular weight is 512 g/mol. The third-order valence-electron chi connectivity index (χ3n) is 7.01. The number of carbonyl (C=O) groups is 2. The lowest BCUT2D eigenvalue weighted by molar-refractivity contribution is 0.0988. The predicted octanol–water partition coefficient (Wildman–Crippen LogP) is 7.27. The van der Waals surface area contributed by atoms with Gasteiger partial charge in [-0.3, -0.25) is 14.5 Å². The van der Waals surface area contributed by atoms with E-state index in [1.807, 2.05) is 48.5 Å². The summed E-state index contributed by atoms with van der Waals surface area (Å²) in [4.78, 5) is 38.6. The number of allylic oxidation sites excluding steroid dienone is 2. The summed E-state index contributed by atoms with van der Waals surface area (Å²) in [7, 11) is 0. The van der Waals surface area contributed by atoms with Crippen LogP contribution >= 0.6 is 11.8 Å². The Bertz CT molecular complexity index is 1770. The molecule has 1 unspecified atom stereocenters. The summed E-state index contributed by atoms with van der Waals surface area (Å²) >= 11 is 1.61. The van der Waals surface area contributed by atoms with Crippen LogP contribution in [0.1, 0.15) is 27.1 Å². The Kier molecular flexibility index (Phi) is 5.41. The van der Waals surface area contributed by atoms with E-state index >= 15 is 0 Å². The summed E-state index contributed by atoms with van der Waals surface area (Å²) in [5.74, 6) is 0.187. The zero-order valence-electron chi connectivity index (χ0n) is 20.2. The van der Waals surface area contributed by atoms with Gasteiger partial charge in [0.15, 0.2) is 11.6 Å². The number of benzene rings is 4. The molecule has 0 spiro atoms. The van der Waals surface area contributed by atoms with Crippen molar-refractivity contribution in [3.63, 3.8) is 0 Å². The molecule has 5 aromatic rings. The molecule has 1 aliphatic carbocycles. The summed E-state index contributed by atoms with van der Waals surface area (Å²) in [6.07, 6.45) is 8.03. The minimum Gasteiger partial charge on any atom is -0.297 e. The minimum atomic E-state index is -0.210. The van der Waals surface area contributed by atoms with Crippen molar-refractivity contribution in [2.24, 2.45) is 0 Å². The zero-order chi connectivity index (χ0) is 25.6. The van der Waals surface area contributed by atoms with Gasteiger partial charge in [0.1, 0.15) is 0 Å². The van der Waals surface area contributed by atoms with E-state index in [9.17, 15) is 9.59 Å². The maximum Gasteiger partial charge on any atom is 0.230 e. The maximum atomic E-state index is 13.3. The van der Waals surface area contributed by atoms with Crippen molar-refractivity contribution in [1.82, 2.24) is 9.97 Å². The number of hydrogen-bond acceptors (Lipinski definition) is 6. The van der Waals surface area contributed by atoms with Crippen LogP contribution in [-0.4, -0.2) is 26.9 Å². The second-order valence-electron chi connectivity index (χ2n) is 9.33. The number of ketones is 2. The topological polar surface area (TPSA) is 63.2 Å². The Morgan fingerprint density at radius 3 is 2.00 bits per heavy atom. The molecule has 1 atom stereocenters. The molecule has 182 valence electrons. The fraction of sp³-hybridized carbons (Fsp3) is 0.0625.